The van der Waals surface area contributed by atoms with Crippen LogP contribution in [0.5, 0.6) is 11.5 Å². The van der Waals surface area contributed by atoms with Gasteiger partial charge in [0.1, 0.15) is 11.3 Å². The third kappa shape index (κ3) is 4.15. The Kier molecular flexibility index (Phi) is 5.71. The molecule has 0 atom stereocenters. The summed E-state index contributed by atoms with van der Waals surface area (Å²) in [5, 5.41) is 7.17. The highest BCUT2D eigenvalue weighted by atomic mass is 32.1. The molecule has 2 heterocycles. The SMILES string of the molecule is CCc1ccc2oc(-c3ccc(OC)c(OC)c3)c/c(=N\Nc3nc4ccccc4s3)c2c1. The minimum absolute atomic E-state index is 0.637. The summed E-state index contributed by atoms with van der Waals surface area (Å²) in [4.78, 5) is 4.62. The van der Waals surface area contributed by atoms with E-state index in [4.69, 9.17) is 19.0 Å². The second-order valence-corrected chi connectivity index (χ2v) is 8.49. The maximum atomic E-state index is 6.26. The van der Waals surface area contributed by atoms with Gasteiger partial charge in [-0.25, -0.2) is 4.98 Å². The zero-order chi connectivity index (χ0) is 22.8. The number of rotatable bonds is 6. The molecule has 5 aromatic rings. The molecule has 5 rings (SSSR count). The van der Waals surface area contributed by atoms with Crippen molar-refractivity contribution in [1.29, 1.82) is 0 Å². The van der Waals surface area contributed by atoms with E-state index in [1.807, 2.05) is 48.5 Å². The first kappa shape index (κ1) is 21.0. The van der Waals surface area contributed by atoms with Crippen LogP contribution >= 0.6 is 11.3 Å². The normalized spacial score (nSPS) is 11.8. The quantitative estimate of drug-likeness (QED) is 0.307. The van der Waals surface area contributed by atoms with Crippen LogP contribution in [-0.4, -0.2) is 19.2 Å². The number of benzene rings is 3. The standard InChI is InChI=1S/C26H23N3O3S/c1-4-16-9-11-21-18(13-16)20(28-29-26-27-19-7-5-6-8-25(19)33-26)15-23(32-21)17-10-12-22(30-2)24(14-17)31-3/h5-15H,4H2,1-3H3,(H,27,29)/b28-20+. The Morgan fingerprint density at radius 2 is 1.82 bits per heavy atom. The molecular weight excluding hydrogens is 434 g/mol. The molecule has 0 aliphatic heterocycles. The van der Waals surface area contributed by atoms with Crippen molar-refractivity contribution < 1.29 is 13.9 Å². The predicted octanol–water partition coefficient (Wildman–Crippen LogP) is 6.22. The molecule has 0 fully saturated rings. The largest absolute Gasteiger partial charge is 0.493 e. The second kappa shape index (κ2) is 8.96. The summed E-state index contributed by atoms with van der Waals surface area (Å²) in [6.45, 7) is 2.13. The minimum atomic E-state index is 0.637. The van der Waals surface area contributed by atoms with Crippen molar-refractivity contribution in [1.82, 2.24) is 4.98 Å². The van der Waals surface area contributed by atoms with Crippen molar-refractivity contribution in [2.24, 2.45) is 5.10 Å². The van der Waals surface area contributed by atoms with Crippen LogP contribution < -0.4 is 20.3 Å². The summed E-state index contributed by atoms with van der Waals surface area (Å²) in [6.07, 6.45) is 0.929. The number of aryl methyl sites for hydroxylation is 1. The number of fused-ring (bicyclic) bond motifs is 2. The molecule has 6 nitrogen and oxygen atoms in total. The lowest BCUT2D eigenvalue weighted by molar-refractivity contribution is 0.355. The molecule has 0 saturated heterocycles. The van der Waals surface area contributed by atoms with Gasteiger partial charge >= 0.3 is 0 Å². The van der Waals surface area contributed by atoms with Crippen molar-refractivity contribution >= 4 is 37.7 Å². The van der Waals surface area contributed by atoms with E-state index in [2.05, 4.69) is 35.5 Å². The van der Waals surface area contributed by atoms with E-state index in [0.717, 1.165) is 43.7 Å². The highest BCUT2D eigenvalue weighted by Crippen LogP contribution is 2.33. The van der Waals surface area contributed by atoms with Crippen LogP contribution in [0.2, 0.25) is 0 Å². The van der Waals surface area contributed by atoms with Crippen LogP contribution in [0.3, 0.4) is 0 Å². The lowest BCUT2D eigenvalue weighted by Gasteiger charge is -2.10. The fourth-order valence-corrected chi connectivity index (χ4v) is 4.50. The first-order chi connectivity index (χ1) is 16.2. The minimum Gasteiger partial charge on any atom is -0.493 e. The topological polar surface area (TPSA) is 68.9 Å². The van der Waals surface area contributed by atoms with E-state index >= 15 is 0 Å². The molecule has 3 aromatic carbocycles. The number of para-hydroxylation sites is 1. The zero-order valence-electron chi connectivity index (χ0n) is 18.6. The third-order valence-corrected chi connectivity index (χ3v) is 6.39. The average Bonchev–Trinajstić information content (AvgIpc) is 3.29. The van der Waals surface area contributed by atoms with Gasteiger partial charge in [-0.05, 0) is 54.4 Å². The number of methoxy groups -OCH3 is 2. The van der Waals surface area contributed by atoms with Gasteiger partial charge in [-0.3, -0.25) is 5.43 Å². The van der Waals surface area contributed by atoms with Gasteiger partial charge in [0.15, 0.2) is 11.5 Å². The molecule has 0 unspecified atom stereocenters. The van der Waals surface area contributed by atoms with E-state index in [1.54, 1.807) is 25.6 Å². The lowest BCUT2D eigenvalue weighted by Crippen LogP contribution is -2.08. The molecule has 0 aliphatic rings. The van der Waals surface area contributed by atoms with Gasteiger partial charge in [0, 0.05) is 17.0 Å². The first-order valence-corrected chi connectivity index (χ1v) is 11.4. The number of nitrogens with one attached hydrogen (secondary N) is 1. The molecule has 166 valence electrons. The molecule has 0 radical (unpaired) electrons. The molecule has 7 heteroatoms. The van der Waals surface area contributed by atoms with Crippen LogP contribution in [0.25, 0.3) is 32.5 Å². The Bertz CT molecular complexity index is 1490. The number of aromatic nitrogens is 1. The summed E-state index contributed by atoms with van der Waals surface area (Å²) in [5.74, 6) is 1.98. The van der Waals surface area contributed by atoms with Gasteiger partial charge in [-0.1, -0.05) is 36.5 Å². The van der Waals surface area contributed by atoms with Crippen LogP contribution in [0.1, 0.15) is 12.5 Å². The van der Waals surface area contributed by atoms with Gasteiger partial charge in [0.2, 0.25) is 5.13 Å². The first-order valence-electron chi connectivity index (χ1n) is 10.6. The zero-order valence-corrected chi connectivity index (χ0v) is 19.4. The maximum Gasteiger partial charge on any atom is 0.204 e. The molecule has 0 amide bonds. The molecular formula is C26H23N3O3S. The number of anilines is 1. The van der Waals surface area contributed by atoms with E-state index < -0.39 is 0 Å². The number of thiazole rings is 1. The van der Waals surface area contributed by atoms with Gasteiger partial charge < -0.3 is 13.9 Å². The van der Waals surface area contributed by atoms with Crippen LogP contribution in [0.15, 0.2) is 76.2 Å². The molecule has 0 bridgehead atoms. The summed E-state index contributed by atoms with van der Waals surface area (Å²) in [6, 6.07) is 21.9. The van der Waals surface area contributed by atoms with Crippen LogP contribution in [0, 0.1) is 0 Å². The molecule has 0 saturated carbocycles. The molecule has 2 aromatic heterocycles. The number of ether oxygens (including phenoxy) is 2. The Labute approximate surface area is 195 Å². The predicted molar refractivity (Wildman–Crippen MR) is 133 cm³/mol. The van der Waals surface area contributed by atoms with E-state index in [-0.39, 0.29) is 0 Å². The van der Waals surface area contributed by atoms with Crippen LogP contribution in [0.4, 0.5) is 5.13 Å². The highest BCUT2D eigenvalue weighted by Gasteiger charge is 2.11. The molecule has 0 aliphatic carbocycles. The number of hydrogen-bond acceptors (Lipinski definition) is 7. The highest BCUT2D eigenvalue weighted by molar-refractivity contribution is 7.22. The molecule has 33 heavy (non-hydrogen) atoms. The van der Waals surface area contributed by atoms with E-state index in [9.17, 15) is 0 Å². The van der Waals surface area contributed by atoms with Gasteiger partial charge in [-0.2, -0.15) is 5.10 Å². The second-order valence-electron chi connectivity index (χ2n) is 7.46. The van der Waals surface area contributed by atoms with Crippen molar-refractivity contribution in [3.63, 3.8) is 0 Å². The Morgan fingerprint density at radius 1 is 0.970 bits per heavy atom. The smallest absolute Gasteiger partial charge is 0.204 e. The summed E-state index contributed by atoms with van der Waals surface area (Å²) >= 11 is 1.57. The summed E-state index contributed by atoms with van der Waals surface area (Å²) < 4.78 is 18.2. The van der Waals surface area contributed by atoms with Gasteiger partial charge in [0.25, 0.3) is 0 Å². The molecule has 0 spiro atoms. The van der Waals surface area contributed by atoms with E-state index in [1.165, 1.54) is 5.56 Å². The average molecular weight is 458 g/mol. The lowest BCUT2D eigenvalue weighted by atomic mass is 10.1. The van der Waals surface area contributed by atoms with Gasteiger partial charge in [0.05, 0.1) is 29.8 Å². The Morgan fingerprint density at radius 3 is 2.61 bits per heavy atom. The Hall–Kier alpha value is -3.84. The van der Waals surface area contributed by atoms with Crippen molar-refractivity contribution in [3.05, 3.63) is 77.7 Å². The van der Waals surface area contributed by atoms with Crippen LogP contribution in [-0.2, 0) is 6.42 Å². The maximum absolute atomic E-state index is 6.26. The van der Waals surface area contributed by atoms with Crippen molar-refractivity contribution in [2.75, 3.05) is 19.6 Å². The van der Waals surface area contributed by atoms with Gasteiger partial charge in [-0.15, -0.1) is 0 Å². The van der Waals surface area contributed by atoms with E-state index in [0.29, 0.717) is 17.3 Å². The fraction of sp³-hybridized carbons (Fsp3) is 0.154. The Balaban J connectivity index is 1.64. The monoisotopic (exact) mass is 457 g/mol. The molecule has 1 N–H and O–H groups in total. The number of nitrogens with zero attached hydrogens (tertiary/aromatic N) is 2. The summed E-state index contributed by atoms with van der Waals surface area (Å²) in [7, 11) is 3.24. The number of hydrogen-bond donors (Lipinski definition) is 1. The van der Waals surface area contributed by atoms with Crippen molar-refractivity contribution in [3.8, 4) is 22.8 Å². The van der Waals surface area contributed by atoms with Crippen molar-refractivity contribution in [2.45, 2.75) is 13.3 Å². The third-order valence-electron chi connectivity index (χ3n) is 5.45. The summed E-state index contributed by atoms with van der Waals surface area (Å²) in [5.41, 5.74) is 6.93. The fourth-order valence-electron chi connectivity index (χ4n) is 3.69.